The highest BCUT2D eigenvalue weighted by molar-refractivity contribution is 5.84. The number of carbonyl (C=O) groups is 3. The van der Waals surface area contributed by atoms with E-state index < -0.39 is 35.5 Å². The summed E-state index contributed by atoms with van der Waals surface area (Å²) in [6.07, 6.45) is 0.983. The maximum Gasteiger partial charge on any atom is 0.220 e. The molecule has 15 heavy (non-hydrogen) atoms. The Morgan fingerprint density at radius 2 is 0.867 bits per heavy atom. The molecule has 0 aliphatic heterocycles. The lowest BCUT2D eigenvalue weighted by molar-refractivity contribution is -0.131. The van der Waals surface area contributed by atoms with E-state index >= 15 is 0 Å². The summed E-state index contributed by atoms with van der Waals surface area (Å²) in [6.45, 7) is 0. The Balaban J connectivity index is 2.77. The van der Waals surface area contributed by atoms with Gasteiger partial charge in [0, 0.05) is 17.8 Å². The molecule has 0 aromatic rings. The number of hydrogen-bond donors (Lipinski definition) is 3. The highest BCUT2D eigenvalue weighted by Crippen LogP contribution is 2.32. The van der Waals surface area contributed by atoms with E-state index in [2.05, 4.69) is 0 Å². The van der Waals surface area contributed by atoms with Gasteiger partial charge in [0.1, 0.15) is 0 Å². The third-order valence-electron chi connectivity index (χ3n) is 2.91. The number of amides is 3. The summed E-state index contributed by atoms with van der Waals surface area (Å²) in [6, 6.07) is 0. The highest BCUT2D eigenvalue weighted by atomic mass is 16.2. The second-order valence-electron chi connectivity index (χ2n) is 4.00. The molecule has 0 heterocycles. The van der Waals surface area contributed by atoms with Gasteiger partial charge in [-0.2, -0.15) is 0 Å². The molecule has 0 unspecified atom stereocenters. The first kappa shape index (κ1) is 11.5. The van der Waals surface area contributed by atoms with Gasteiger partial charge in [0.2, 0.25) is 17.7 Å². The number of hydrogen-bond acceptors (Lipinski definition) is 3. The van der Waals surface area contributed by atoms with E-state index in [-0.39, 0.29) is 0 Å². The molecule has 6 nitrogen and oxygen atoms in total. The van der Waals surface area contributed by atoms with Crippen LogP contribution in [-0.2, 0) is 14.4 Å². The molecule has 1 aliphatic carbocycles. The number of primary amides is 3. The van der Waals surface area contributed by atoms with Crippen LogP contribution in [0.25, 0.3) is 0 Å². The van der Waals surface area contributed by atoms with E-state index in [1.165, 1.54) is 0 Å². The Kier molecular flexibility index (Phi) is 3.28. The summed E-state index contributed by atoms with van der Waals surface area (Å²) in [7, 11) is 0. The average molecular weight is 213 g/mol. The Bertz CT molecular complexity index is 249. The van der Waals surface area contributed by atoms with Crippen LogP contribution >= 0.6 is 0 Å². The van der Waals surface area contributed by atoms with Gasteiger partial charge < -0.3 is 17.2 Å². The molecule has 1 rings (SSSR count). The zero-order chi connectivity index (χ0) is 11.6. The molecule has 6 heteroatoms. The topological polar surface area (TPSA) is 129 Å². The zero-order valence-corrected chi connectivity index (χ0v) is 8.31. The van der Waals surface area contributed by atoms with Crippen molar-refractivity contribution >= 4 is 17.7 Å². The fourth-order valence-corrected chi connectivity index (χ4v) is 2.02. The van der Waals surface area contributed by atoms with Crippen molar-refractivity contribution < 1.29 is 14.4 Å². The minimum atomic E-state index is -0.507. The Morgan fingerprint density at radius 3 is 1.00 bits per heavy atom. The fraction of sp³-hybridized carbons (Fsp3) is 0.667. The lowest BCUT2D eigenvalue weighted by atomic mass is 9.74. The molecular weight excluding hydrogens is 198 g/mol. The van der Waals surface area contributed by atoms with Crippen LogP contribution in [0.15, 0.2) is 0 Å². The van der Waals surface area contributed by atoms with Crippen molar-refractivity contribution in [1.82, 2.24) is 0 Å². The molecule has 1 aliphatic rings. The minimum Gasteiger partial charge on any atom is -0.369 e. The lowest BCUT2D eigenvalue weighted by Crippen LogP contribution is -2.41. The normalized spacial score (nSPS) is 30.8. The minimum absolute atomic E-state index is 0.328. The summed E-state index contributed by atoms with van der Waals surface area (Å²) in [5, 5.41) is 0. The van der Waals surface area contributed by atoms with E-state index in [0.29, 0.717) is 19.3 Å². The molecule has 84 valence electrons. The summed E-state index contributed by atoms with van der Waals surface area (Å²) >= 11 is 0. The van der Waals surface area contributed by atoms with Gasteiger partial charge >= 0.3 is 0 Å². The quantitative estimate of drug-likeness (QED) is 0.526. The molecule has 0 spiro atoms. The molecule has 0 aromatic carbocycles. The van der Waals surface area contributed by atoms with Gasteiger partial charge in [-0.15, -0.1) is 0 Å². The first-order valence-corrected chi connectivity index (χ1v) is 4.79. The van der Waals surface area contributed by atoms with Gasteiger partial charge in [-0.3, -0.25) is 14.4 Å². The second-order valence-corrected chi connectivity index (χ2v) is 4.00. The molecule has 6 N–H and O–H groups in total. The molecule has 1 fully saturated rings. The molecule has 0 saturated heterocycles. The number of nitrogens with two attached hydrogens (primary N) is 3. The van der Waals surface area contributed by atoms with Gasteiger partial charge in [0.15, 0.2) is 0 Å². The smallest absolute Gasteiger partial charge is 0.220 e. The molecule has 0 bridgehead atoms. The van der Waals surface area contributed by atoms with E-state index in [1.807, 2.05) is 0 Å². The van der Waals surface area contributed by atoms with Crippen LogP contribution < -0.4 is 17.2 Å². The first-order chi connectivity index (χ1) is 6.91. The van der Waals surface area contributed by atoms with Crippen LogP contribution in [0.1, 0.15) is 19.3 Å². The van der Waals surface area contributed by atoms with Crippen molar-refractivity contribution in [2.24, 2.45) is 35.0 Å². The van der Waals surface area contributed by atoms with Gasteiger partial charge in [-0.1, -0.05) is 0 Å². The fourth-order valence-electron chi connectivity index (χ4n) is 2.02. The largest absolute Gasteiger partial charge is 0.369 e. The monoisotopic (exact) mass is 213 g/mol. The van der Waals surface area contributed by atoms with Crippen molar-refractivity contribution in [2.75, 3.05) is 0 Å². The third kappa shape index (κ3) is 2.68. The van der Waals surface area contributed by atoms with Crippen LogP contribution in [0.4, 0.5) is 0 Å². The van der Waals surface area contributed by atoms with Crippen LogP contribution in [-0.4, -0.2) is 17.7 Å². The van der Waals surface area contributed by atoms with Crippen LogP contribution in [0.2, 0.25) is 0 Å². The average Bonchev–Trinajstić information content (AvgIpc) is 2.16. The Hall–Kier alpha value is -1.59. The zero-order valence-electron chi connectivity index (χ0n) is 8.31. The van der Waals surface area contributed by atoms with E-state index in [1.54, 1.807) is 0 Å². The van der Waals surface area contributed by atoms with Crippen LogP contribution in [0.3, 0.4) is 0 Å². The van der Waals surface area contributed by atoms with Crippen molar-refractivity contribution in [3.63, 3.8) is 0 Å². The number of rotatable bonds is 3. The lowest BCUT2D eigenvalue weighted by Gasteiger charge is -2.30. The highest BCUT2D eigenvalue weighted by Gasteiger charge is 2.36. The summed E-state index contributed by atoms with van der Waals surface area (Å²) in [5.41, 5.74) is 15.4. The summed E-state index contributed by atoms with van der Waals surface area (Å²) in [5.74, 6) is -2.96. The Labute approximate surface area is 87.2 Å². The van der Waals surface area contributed by atoms with Crippen molar-refractivity contribution in [3.8, 4) is 0 Å². The van der Waals surface area contributed by atoms with Crippen molar-refractivity contribution in [1.29, 1.82) is 0 Å². The van der Waals surface area contributed by atoms with E-state index in [4.69, 9.17) is 17.2 Å². The van der Waals surface area contributed by atoms with Crippen LogP contribution in [0, 0.1) is 17.8 Å². The Morgan fingerprint density at radius 1 is 0.667 bits per heavy atom. The molecule has 3 amide bonds. The predicted octanol–water partition coefficient (Wildman–Crippen LogP) is -1.53. The summed E-state index contributed by atoms with van der Waals surface area (Å²) < 4.78 is 0. The second kappa shape index (κ2) is 4.29. The molecule has 0 aromatic heterocycles. The van der Waals surface area contributed by atoms with Crippen LogP contribution in [0.5, 0.6) is 0 Å². The molecule has 0 atom stereocenters. The molecule has 0 radical (unpaired) electrons. The van der Waals surface area contributed by atoms with Gasteiger partial charge in [0.25, 0.3) is 0 Å². The van der Waals surface area contributed by atoms with Gasteiger partial charge in [-0.25, -0.2) is 0 Å². The van der Waals surface area contributed by atoms with Crippen molar-refractivity contribution in [3.05, 3.63) is 0 Å². The van der Waals surface area contributed by atoms with E-state index in [0.717, 1.165) is 0 Å². The summed E-state index contributed by atoms with van der Waals surface area (Å²) in [4.78, 5) is 33.0. The van der Waals surface area contributed by atoms with Gasteiger partial charge in [0.05, 0.1) is 0 Å². The predicted molar refractivity (Wildman–Crippen MR) is 51.9 cm³/mol. The van der Waals surface area contributed by atoms with E-state index in [9.17, 15) is 14.4 Å². The number of carbonyl (C=O) groups excluding carboxylic acids is 3. The first-order valence-electron chi connectivity index (χ1n) is 4.79. The maximum atomic E-state index is 11.0. The SMILES string of the molecule is NC(=O)C1CC(C(N)=O)CC(C(N)=O)C1. The molecule has 1 saturated carbocycles. The third-order valence-corrected chi connectivity index (χ3v) is 2.91. The van der Waals surface area contributed by atoms with Crippen molar-refractivity contribution in [2.45, 2.75) is 19.3 Å². The molecular formula is C9H15N3O3. The maximum absolute atomic E-state index is 11.0. The standard InChI is InChI=1S/C9H15N3O3/c10-7(13)4-1-5(8(11)14)3-6(2-4)9(12)15/h4-6H,1-3H2,(H2,10,13)(H2,11,14)(H2,12,15). The van der Waals surface area contributed by atoms with Gasteiger partial charge in [-0.05, 0) is 19.3 Å².